The first-order valence-corrected chi connectivity index (χ1v) is 18.4. The molecular formula is C33H38FN7O2Si. The van der Waals surface area contributed by atoms with Crippen LogP contribution in [0.3, 0.4) is 0 Å². The molecule has 3 N–H and O–H groups in total. The maximum absolute atomic E-state index is 14.5. The molecule has 5 rings (SSSR count). The van der Waals surface area contributed by atoms with E-state index in [1.807, 2.05) is 67.1 Å². The number of carbonyl (C=O) groups excluding carboxylic acids is 1. The van der Waals surface area contributed by atoms with E-state index in [0.717, 1.165) is 33.9 Å². The van der Waals surface area contributed by atoms with Crippen molar-refractivity contribution >= 4 is 48.4 Å². The number of nitrogen functional groups attached to an aromatic ring is 1. The second-order valence-electron chi connectivity index (χ2n) is 11.9. The van der Waals surface area contributed by atoms with Crippen molar-refractivity contribution in [3.63, 3.8) is 0 Å². The Hall–Kier alpha value is -4.61. The van der Waals surface area contributed by atoms with E-state index in [-0.39, 0.29) is 12.4 Å². The van der Waals surface area contributed by atoms with Crippen LogP contribution in [0.2, 0.25) is 25.7 Å². The fraction of sp³-hybridized carbons (Fsp3) is 0.273. The van der Waals surface area contributed by atoms with E-state index >= 15 is 0 Å². The van der Waals surface area contributed by atoms with Crippen LogP contribution in [0.25, 0.3) is 34.2 Å². The Bertz CT molecular complexity index is 1820. The number of aromatic nitrogens is 5. The predicted octanol–water partition coefficient (Wildman–Crippen LogP) is 7.08. The Morgan fingerprint density at radius 1 is 1.07 bits per heavy atom. The second kappa shape index (κ2) is 12.9. The second-order valence-corrected chi connectivity index (χ2v) is 17.5. The summed E-state index contributed by atoms with van der Waals surface area (Å²) in [5.41, 5.74) is 11.1. The molecule has 0 bridgehead atoms. The highest BCUT2D eigenvalue weighted by atomic mass is 28.3. The van der Waals surface area contributed by atoms with E-state index < -0.39 is 19.8 Å². The summed E-state index contributed by atoms with van der Waals surface area (Å²) < 4.78 is 24.1. The number of nitrogens with zero attached hydrogens (tertiary/aromatic N) is 5. The van der Waals surface area contributed by atoms with Crippen LogP contribution in [0.1, 0.15) is 34.5 Å². The lowest BCUT2D eigenvalue weighted by molar-refractivity contribution is 0.0816. The minimum atomic E-state index is -1.26. The van der Waals surface area contributed by atoms with Crippen molar-refractivity contribution in [2.45, 2.75) is 52.8 Å². The Kier molecular flexibility index (Phi) is 9.07. The molecule has 11 heteroatoms. The van der Waals surface area contributed by atoms with Crippen LogP contribution >= 0.6 is 0 Å². The van der Waals surface area contributed by atoms with E-state index in [1.54, 1.807) is 10.9 Å². The average molecular weight is 612 g/mol. The molecule has 228 valence electrons. The smallest absolute Gasteiger partial charge is 0.274 e. The number of anilines is 2. The molecule has 2 aromatic carbocycles. The first-order chi connectivity index (χ1) is 21.0. The molecule has 0 radical (unpaired) electrons. The summed E-state index contributed by atoms with van der Waals surface area (Å²) in [7, 11) is -1.26. The molecule has 5 aromatic rings. The zero-order chi connectivity index (χ0) is 31.4. The van der Waals surface area contributed by atoms with Gasteiger partial charge in [-0.1, -0.05) is 31.8 Å². The molecule has 0 saturated heterocycles. The number of hydrogen-bond acceptors (Lipinski definition) is 6. The molecule has 0 atom stereocenters. The zero-order valence-corrected chi connectivity index (χ0v) is 26.8. The van der Waals surface area contributed by atoms with Crippen molar-refractivity contribution in [3.8, 4) is 11.1 Å². The molecule has 0 unspecified atom stereocenters. The highest BCUT2D eigenvalue weighted by Crippen LogP contribution is 2.33. The number of rotatable bonds is 11. The van der Waals surface area contributed by atoms with Gasteiger partial charge in [0.15, 0.2) is 0 Å². The van der Waals surface area contributed by atoms with Crippen LogP contribution in [0.15, 0.2) is 60.8 Å². The lowest BCUT2D eigenvalue weighted by Gasteiger charge is -2.15. The van der Waals surface area contributed by atoms with E-state index in [0.29, 0.717) is 35.8 Å². The summed E-state index contributed by atoms with van der Waals surface area (Å²) in [6.45, 7) is 12.1. The Balaban J connectivity index is 1.56. The number of pyridine rings is 1. The van der Waals surface area contributed by atoms with Gasteiger partial charge in [0, 0.05) is 44.1 Å². The van der Waals surface area contributed by atoms with Crippen molar-refractivity contribution in [1.29, 1.82) is 0 Å². The third kappa shape index (κ3) is 6.95. The van der Waals surface area contributed by atoms with Crippen LogP contribution in [-0.2, 0) is 18.0 Å². The number of hydrogen-bond donors (Lipinski definition) is 2. The monoisotopic (exact) mass is 611 g/mol. The molecule has 0 aliphatic heterocycles. The van der Waals surface area contributed by atoms with Gasteiger partial charge in [0.05, 0.1) is 28.3 Å². The van der Waals surface area contributed by atoms with E-state index in [2.05, 4.69) is 35.0 Å². The van der Waals surface area contributed by atoms with Crippen LogP contribution in [0, 0.1) is 12.7 Å². The molecule has 0 aliphatic rings. The maximum Gasteiger partial charge on any atom is 0.274 e. The zero-order valence-electron chi connectivity index (χ0n) is 25.8. The van der Waals surface area contributed by atoms with Crippen molar-refractivity contribution in [3.05, 3.63) is 89.4 Å². The third-order valence-electron chi connectivity index (χ3n) is 7.26. The Morgan fingerprint density at radius 2 is 1.89 bits per heavy atom. The average Bonchev–Trinajstić information content (AvgIpc) is 3.52. The van der Waals surface area contributed by atoms with Crippen LogP contribution in [0.4, 0.5) is 15.8 Å². The number of amides is 1. The van der Waals surface area contributed by atoms with E-state index in [1.165, 1.54) is 18.2 Å². The van der Waals surface area contributed by atoms with Gasteiger partial charge in [0.2, 0.25) is 0 Å². The molecular weight excluding hydrogens is 573 g/mol. The first-order valence-electron chi connectivity index (χ1n) is 14.7. The quantitative estimate of drug-likeness (QED) is 0.0938. The van der Waals surface area contributed by atoms with E-state index in [4.69, 9.17) is 15.6 Å². The van der Waals surface area contributed by atoms with Crippen molar-refractivity contribution in [2.75, 3.05) is 17.7 Å². The minimum Gasteiger partial charge on any atom is -0.399 e. The number of halogens is 1. The highest BCUT2D eigenvalue weighted by molar-refractivity contribution is 6.76. The van der Waals surface area contributed by atoms with Gasteiger partial charge in [-0.2, -0.15) is 10.2 Å². The summed E-state index contributed by atoms with van der Waals surface area (Å²) in [6.07, 6.45) is 5.63. The van der Waals surface area contributed by atoms with Gasteiger partial charge in [-0.25, -0.2) is 9.07 Å². The summed E-state index contributed by atoms with van der Waals surface area (Å²) >= 11 is 0. The van der Waals surface area contributed by atoms with Crippen molar-refractivity contribution < 1.29 is 13.9 Å². The van der Waals surface area contributed by atoms with Crippen LogP contribution in [-0.4, -0.2) is 45.1 Å². The first kappa shape index (κ1) is 30.8. The molecule has 3 heterocycles. The molecule has 0 fully saturated rings. The van der Waals surface area contributed by atoms with Gasteiger partial charge in [-0.15, -0.1) is 0 Å². The highest BCUT2D eigenvalue weighted by Gasteiger charge is 2.24. The minimum absolute atomic E-state index is 0.00999. The van der Waals surface area contributed by atoms with E-state index in [9.17, 15) is 9.18 Å². The summed E-state index contributed by atoms with van der Waals surface area (Å²) in [5, 5.41) is 13.1. The van der Waals surface area contributed by atoms with Gasteiger partial charge in [-0.05, 0) is 80.1 Å². The molecule has 44 heavy (non-hydrogen) atoms. The maximum atomic E-state index is 14.5. The SMILES string of the molecule is CCn1nc(C)c(-c2ccc3c(C=Cc4ccccn4)nn(COCC[Si](C)(C)C)c3c2)c1C(=O)Nc1cc(N)ccc1F. The number of benzene rings is 2. The van der Waals surface area contributed by atoms with Gasteiger partial charge in [0.1, 0.15) is 18.2 Å². The molecule has 3 aromatic heterocycles. The van der Waals surface area contributed by atoms with Gasteiger partial charge in [-0.3, -0.25) is 14.5 Å². The fourth-order valence-corrected chi connectivity index (χ4v) is 5.71. The van der Waals surface area contributed by atoms with Crippen molar-refractivity contribution in [2.24, 2.45) is 0 Å². The molecule has 0 saturated carbocycles. The van der Waals surface area contributed by atoms with Gasteiger partial charge in [0.25, 0.3) is 5.91 Å². The van der Waals surface area contributed by atoms with Crippen LogP contribution < -0.4 is 11.1 Å². The molecule has 9 nitrogen and oxygen atoms in total. The predicted molar refractivity (Wildman–Crippen MR) is 177 cm³/mol. The normalized spacial score (nSPS) is 12.0. The fourth-order valence-electron chi connectivity index (χ4n) is 4.95. The summed E-state index contributed by atoms with van der Waals surface area (Å²) in [5.74, 6) is -1.05. The van der Waals surface area contributed by atoms with Gasteiger partial charge >= 0.3 is 0 Å². The number of nitrogens with one attached hydrogen (secondary N) is 1. The van der Waals surface area contributed by atoms with Gasteiger partial charge < -0.3 is 15.8 Å². The number of aryl methyl sites for hydroxylation is 2. The number of nitrogens with two attached hydrogens (primary N) is 1. The van der Waals surface area contributed by atoms with Crippen LogP contribution in [0.5, 0.6) is 0 Å². The molecule has 0 spiro atoms. The number of ether oxygens (including phenoxy) is 1. The number of carbonyl (C=O) groups is 1. The third-order valence-corrected chi connectivity index (χ3v) is 8.96. The molecule has 0 aliphatic carbocycles. The Labute approximate surface area is 257 Å². The summed E-state index contributed by atoms with van der Waals surface area (Å²) in [4.78, 5) is 18.0. The Morgan fingerprint density at radius 3 is 2.61 bits per heavy atom. The van der Waals surface area contributed by atoms with Crippen molar-refractivity contribution in [1.82, 2.24) is 24.5 Å². The lowest BCUT2D eigenvalue weighted by Crippen LogP contribution is -2.22. The number of fused-ring (bicyclic) bond motifs is 1. The summed E-state index contributed by atoms with van der Waals surface area (Å²) in [6, 6.07) is 16.8. The topological polar surface area (TPSA) is 113 Å². The molecule has 1 amide bonds. The largest absolute Gasteiger partial charge is 0.399 e. The lowest BCUT2D eigenvalue weighted by atomic mass is 10.0. The standard InChI is InChI=1S/C33H38FN7O2Si/c1-6-40-32(33(42)37-29-20-24(35)11-14-27(29)34)31(22(2)38-40)23-10-13-26-28(15-12-25-9-7-8-16-36-25)39-41(30(26)19-23)21-43-17-18-44(3,4)5/h7-16,19-20H,6,17-18,21,35H2,1-5H3,(H,37,42).